The smallest absolute Gasteiger partial charge is 0.0791 e. The molecule has 0 radical (unpaired) electrons. The standard InChI is InChI=1S/C12H29N3O/c1-5-14(4)9-8-13-10-12(16)11-15(6-2)7-3/h12-13,16H,5-11H2,1-4H3. The van der Waals surface area contributed by atoms with E-state index in [1.807, 2.05) is 0 Å². The number of aliphatic hydroxyl groups excluding tert-OH is 1. The monoisotopic (exact) mass is 231 g/mol. The summed E-state index contributed by atoms with van der Waals surface area (Å²) in [7, 11) is 2.11. The van der Waals surface area contributed by atoms with Crippen LogP contribution in [0.4, 0.5) is 0 Å². The van der Waals surface area contributed by atoms with Crippen LogP contribution in [-0.2, 0) is 0 Å². The van der Waals surface area contributed by atoms with Gasteiger partial charge < -0.3 is 20.2 Å². The normalized spacial score (nSPS) is 13.7. The fraction of sp³-hybridized carbons (Fsp3) is 1.00. The average molecular weight is 231 g/mol. The van der Waals surface area contributed by atoms with Crippen molar-refractivity contribution in [3.8, 4) is 0 Å². The Balaban J connectivity index is 3.46. The van der Waals surface area contributed by atoms with Crippen molar-refractivity contribution in [1.29, 1.82) is 0 Å². The van der Waals surface area contributed by atoms with Gasteiger partial charge in [0.1, 0.15) is 0 Å². The predicted molar refractivity (Wildman–Crippen MR) is 69.8 cm³/mol. The van der Waals surface area contributed by atoms with E-state index in [9.17, 15) is 5.11 Å². The van der Waals surface area contributed by atoms with Gasteiger partial charge >= 0.3 is 0 Å². The third kappa shape index (κ3) is 8.05. The number of rotatable bonds is 10. The maximum Gasteiger partial charge on any atom is 0.0791 e. The van der Waals surface area contributed by atoms with E-state index in [1.165, 1.54) is 0 Å². The Labute approximate surface area is 101 Å². The minimum atomic E-state index is -0.258. The third-order valence-electron chi connectivity index (χ3n) is 2.95. The summed E-state index contributed by atoms with van der Waals surface area (Å²) in [5.74, 6) is 0. The Kier molecular flexibility index (Phi) is 9.92. The second-order valence-corrected chi connectivity index (χ2v) is 4.24. The minimum Gasteiger partial charge on any atom is -0.390 e. The molecule has 0 heterocycles. The molecule has 1 atom stereocenters. The van der Waals surface area contributed by atoms with Gasteiger partial charge in [0.15, 0.2) is 0 Å². The highest BCUT2D eigenvalue weighted by molar-refractivity contribution is 4.65. The van der Waals surface area contributed by atoms with Gasteiger partial charge in [0, 0.05) is 26.2 Å². The van der Waals surface area contributed by atoms with Gasteiger partial charge in [-0.3, -0.25) is 0 Å². The third-order valence-corrected chi connectivity index (χ3v) is 2.95. The van der Waals surface area contributed by atoms with Gasteiger partial charge in [-0.1, -0.05) is 20.8 Å². The second-order valence-electron chi connectivity index (χ2n) is 4.24. The van der Waals surface area contributed by atoms with Crippen LogP contribution in [0, 0.1) is 0 Å². The Morgan fingerprint density at radius 1 is 1.12 bits per heavy atom. The van der Waals surface area contributed by atoms with Gasteiger partial charge in [-0.25, -0.2) is 0 Å². The van der Waals surface area contributed by atoms with E-state index in [-0.39, 0.29) is 6.10 Å². The van der Waals surface area contributed by atoms with Crippen molar-refractivity contribution >= 4 is 0 Å². The van der Waals surface area contributed by atoms with E-state index in [1.54, 1.807) is 0 Å². The summed E-state index contributed by atoms with van der Waals surface area (Å²) < 4.78 is 0. The molecule has 0 aliphatic heterocycles. The molecule has 0 aromatic rings. The average Bonchev–Trinajstić information content (AvgIpc) is 2.31. The number of likely N-dealkylation sites (N-methyl/N-ethyl adjacent to an activating group) is 2. The van der Waals surface area contributed by atoms with E-state index >= 15 is 0 Å². The van der Waals surface area contributed by atoms with Gasteiger partial charge in [0.2, 0.25) is 0 Å². The molecule has 4 nitrogen and oxygen atoms in total. The van der Waals surface area contributed by atoms with Crippen LogP contribution in [0.5, 0.6) is 0 Å². The van der Waals surface area contributed by atoms with Crippen LogP contribution >= 0.6 is 0 Å². The molecule has 98 valence electrons. The molecule has 0 fully saturated rings. The Bertz CT molecular complexity index is 151. The minimum absolute atomic E-state index is 0.258. The fourth-order valence-corrected chi connectivity index (χ4v) is 1.54. The number of nitrogens with one attached hydrogen (secondary N) is 1. The molecular weight excluding hydrogens is 202 g/mol. The largest absolute Gasteiger partial charge is 0.390 e. The first-order valence-corrected chi connectivity index (χ1v) is 6.43. The lowest BCUT2D eigenvalue weighted by molar-refractivity contribution is 0.116. The predicted octanol–water partition coefficient (Wildman–Crippen LogP) is 0.230. The molecule has 0 rings (SSSR count). The van der Waals surface area contributed by atoms with Crippen LogP contribution in [0.3, 0.4) is 0 Å². The summed E-state index contributed by atoms with van der Waals surface area (Å²) in [6.45, 7) is 12.9. The lowest BCUT2D eigenvalue weighted by atomic mass is 10.3. The number of hydrogen-bond donors (Lipinski definition) is 2. The van der Waals surface area contributed by atoms with E-state index in [0.29, 0.717) is 6.54 Å². The van der Waals surface area contributed by atoms with Gasteiger partial charge in [-0.2, -0.15) is 0 Å². The molecule has 0 aromatic heterocycles. The molecule has 0 aliphatic carbocycles. The first kappa shape index (κ1) is 15.8. The number of nitrogens with zero attached hydrogens (tertiary/aromatic N) is 2. The molecule has 0 aliphatic rings. The van der Waals surface area contributed by atoms with Crippen LogP contribution in [0.2, 0.25) is 0 Å². The molecule has 0 spiro atoms. The molecule has 0 saturated heterocycles. The molecule has 0 amide bonds. The Hall–Kier alpha value is -0.160. The van der Waals surface area contributed by atoms with Crippen molar-refractivity contribution in [1.82, 2.24) is 15.1 Å². The van der Waals surface area contributed by atoms with Gasteiger partial charge in [0.05, 0.1) is 6.10 Å². The van der Waals surface area contributed by atoms with Crippen molar-refractivity contribution in [2.75, 3.05) is 52.9 Å². The van der Waals surface area contributed by atoms with Crippen LogP contribution in [0.25, 0.3) is 0 Å². The Morgan fingerprint density at radius 3 is 2.25 bits per heavy atom. The first-order chi connectivity index (χ1) is 7.63. The summed E-state index contributed by atoms with van der Waals surface area (Å²) in [4.78, 5) is 4.49. The van der Waals surface area contributed by atoms with Gasteiger partial charge in [-0.15, -0.1) is 0 Å². The second kappa shape index (κ2) is 10.0. The van der Waals surface area contributed by atoms with Crippen molar-refractivity contribution < 1.29 is 5.11 Å². The zero-order chi connectivity index (χ0) is 12.4. The molecule has 0 bridgehead atoms. The number of hydrogen-bond acceptors (Lipinski definition) is 4. The highest BCUT2D eigenvalue weighted by atomic mass is 16.3. The first-order valence-electron chi connectivity index (χ1n) is 6.43. The van der Waals surface area contributed by atoms with Crippen molar-refractivity contribution in [2.45, 2.75) is 26.9 Å². The maximum absolute atomic E-state index is 9.79. The summed E-state index contributed by atoms with van der Waals surface area (Å²) in [6.07, 6.45) is -0.258. The fourth-order valence-electron chi connectivity index (χ4n) is 1.54. The lowest BCUT2D eigenvalue weighted by Gasteiger charge is -2.22. The zero-order valence-electron chi connectivity index (χ0n) is 11.4. The van der Waals surface area contributed by atoms with Crippen LogP contribution < -0.4 is 5.32 Å². The number of aliphatic hydroxyl groups is 1. The molecule has 2 N–H and O–H groups in total. The molecular formula is C12H29N3O. The van der Waals surface area contributed by atoms with Crippen LogP contribution in [0.1, 0.15) is 20.8 Å². The van der Waals surface area contributed by atoms with E-state index in [2.05, 4.69) is 42.9 Å². The summed E-state index contributed by atoms with van der Waals surface area (Å²) in [5.41, 5.74) is 0. The molecule has 1 unspecified atom stereocenters. The topological polar surface area (TPSA) is 38.7 Å². The van der Waals surface area contributed by atoms with E-state index in [4.69, 9.17) is 0 Å². The lowest BCUT2D eigenvalue weighted by Crippen LogP contribution is -2.40. The summed E-state index contributed by atoms with van der Waals surface area (Å²) >= 11 is 0. The summed E-state index contributed by atoms with van der Waals surface area (Å²) in [6, 6.07) is 0. The van der Waals surface area contributed by atoms with Crippen molar-refractivity contribution in [3.05, 3.63) is 0 Å². The maximum atomic E-state index is 9.79. The van der Waals surface area contributed by atoms with E-state index in [0.717, 1.165) is 39.3 Å². The molecule has 4 heteroatoms. The van der Waals surface area contributed by atoms with Crippen LogP contribution in [0.15, 0.2) is 0 Å². The SMILES string of the molecule is CCN(C)CCNCC(O)CN(CC)CC. The van der Waals surface area contributed by atoms with Crippen molar-refractivity contribution in [3.63, 3.8) is 0 Å². The van der Waals surface area contributed by atoms with E-state index < -0.39 is 0 Å². The Morgan fingerprint density at radius 2 is 1.75 bits per heavy atom. The molecule has 0 aromatic carbocycles. The molecule has 16 heavy (non-hydrogen) atoms. The van der Waals surface area contributed by atoms with Gasteiger partial charge in [-0.05, 0) is 26.7 Å². The summed E-state index contributed by atoms with van der Waals surface area (Å²) in [5, 5.41) is 13.1. The quantitative estimate of drug-likeness (QED) is 0.528. The molecule has 0 saturated carbocycles. The highest BCUT2D eigenvalue weighted by Crippen LogP contribution is 1.91. The van der Waals surface area contributed by atoms with Crippen LogP contribution in [-0.4, -0.2) is 73.9 Å². The van der Waals surface area contributed by atoms with Crippen molar-refractivity contribution in [2.24, 2.45) is 0 Å². The highest BCUT2D eigenvalue weighted by Gasteiger charge is 2.07. The van der Waals surface area contributed by atoms with Gasteiger partial charge in [0.25, 0.3) is 0 Å². The zero-order valence-corrected chi connectivity index (χ0v) is 11.4.